The van der Waals surface area contributed by atoms with Crippen molar-refractivity contribution in [2.75, 3.05) is 45.9 Å². The first-order chi connectivity index (χ1) is 14.2. The van der Waals surface area contributed by atoms with Gasteiger partial charge in [-0.15, -0.1) is 35.3 Å². The van der Waals surface area contributed by atoms with Crippen molar-refractivity contribution in [3.63, 3.8) is 0 Å². The first-order valence-corrected chi connectivity index (χ1v) is 11.4. The van der Waals surface area contributed by atoms with Gasteiger partial charge in [0.25, 0.3) is 0 Å². The van der Waals surface area contributed by atoms with Crippen molar-refractivity contribution in [3.05, 3.63) is 50.9 Å². The van der Waals surface area contributed by atoms with E-state index in [1.807, 2.05) is 24.4 Å². The summed E-state index contributed by atoms with van der Waals surface area (Å²) in [6, 6.07) is 8.19. The van der Waals surface area contributed by atoms with Crippen LogP contribution >= 0.6 is 46.9 Å². The van der Waals surface area contributed by atoms with Gasteiger partial charge < -0.3 is 15.4 Å². The lowest BCUT2D eigenvalue weighted by molar-refractivity contribution is 0.0180. The summed E-state index contributed by atoms with van der Waals surface area (Å²) >= 11 is 8.27. The third-order valence-corrected chi connectivity index (χ3v) is 6.13. The molecular formula is C21H31ClIN5OS. The lowest BCUT2D eigenvalue weighted by Gasteiger charge is -2.34. The summed E-state index contributed by atoms with van der Waals surface area (Å²) in [6.45, 7) is 9.68. The molecule has 2 heterocycles. The number of thiazole rings is 1. The summed E-state index contributed by atoms with van der Waals surface area (Å²) in [5, 5.41) is 8.71. The topological polar surface area (TPSA) is 61.8 Å². The average molecular weight is 564 g/mol. The van der Waals surface area contributed by atoms with Gasteiger partial charge in [0.1, 0.15) is 0 Å². The monoisotopic (exact) mass is 563 g/mol. The molecule has 1 saturated heterocycles. The van der Waals surface area contributed by atoms with E-state index < -0.39 is 0 Å². The molecule has 1 aromatic heterocycles. The number of ether oxygens (including phenoxy) is 1. The first-order valence-electron chi connectivity index (χ1n) is 10.2. The Balaban J connectivity index is 0.00000320. The minimum Gasteiger partial charge on any atom is -0.379 e. The van der Waals surface area contributed by atoms with Crippen LogP contribution in [-0.2, 0) is 11.2 Å². The fraction of sp³-hybridized carbons (Fsp3) is 0.524. The number of aliphatic imine (C=N–C) groups is 1. The maximum absolute atomic E-state index is 6.52. The molecule has 2 N–H and O–H groups in total. The average Bonchev–Trinajstić information content (AvgIpc) is 3.15. The molecular weight excluding hydrogens is 533 g/mol. The molecule has 1 aromatic carbocycles. The van der Waals surface area contributed by atoms with E-state index in [4.69, 9.17) is 21.3 Å². The van der Waals surface area contributed by atoms with Crippen LogP contribution in [0.4, 0.5) is 0 Å². The summed E-state index contributed by atoms with van der Waals surface area (Å²) in [5.41, 5.74) is 1.12. The van der Waals surface area contributed by atoms with E-state index in [0.717, 1.165) is 67.4 Å². The number of hydrogen-bond donors (Lipinski definition) is 2. The van der Waals surface area contributed by atoms with Gasteiger partial charge in [-0.05, 0) is 25.5 Å². The fourth-order valence-electron chi connectivity index (χ4n) is 3.37. The second-order valence-corrected chi connectivity index (χ2v) is 8.67. The van der Waals surface area contributed by atoms with E-state index in [9.17, 15) is 0 Å². The van der Waals surface area contributed by atoms with Gasteiger partial charge in [0.15, 0.2) is 5.96 Å². The van der Waals surface area contributed by atoms with Crippen LogP contribution in [0.1, 0.15) is 28.4 Å². The Hall–Kier alpha value is -0.940. The smallest absolute Gasteiger partial charge is 0.191 e. The van der Waals surface area contributed by atoms with Crippen molar-refractivity contribution >= 4 is 52.9 Å². The zero-order valence-corrected chi connectivity index (χ0v) is 21.5. The Kier molecular flexibility index (Phi) is 11.4. The Labute approximate surface area is 205 Å². The van der Waals surface area contributed by atoms with Crippen molar-refractivity contribution in [2.45, 2.75) is 26.3 Å². The largest absolute Gasteiger partial charge is 0.379 e. The number of nitrogens with one attached hydrogen (secondary N) is 2. The number of benzene rings is 1. The molecule has 0 saturated carbocycles. The molecule has 0 aliphatic carbocycles. The highest BCUT2D eigenvalue weighted by Gasteiger charge is 2.24. The molecule has 9 heteroatoms. The molecule has 0 spiro atoms. The first kappa shape index (κ1) is 25.3. The van der Waals surface area contributed by atoms with E-state index >= 15 is 0 Å². The van der Waals surface area contributed by atoms with Gasteiger partial charge in [0.05, 0.1) is 30.8 Å². The van der Waals surface area contributed by atoms with Gasteiger partial charge in [-0.25, -0.2) is 4.98 Å². The Morgan fingerprint density at radius 3 is 2.73 bits per heavy atom. The van der Waals surface area contributed by atoms with Crippen LogP contribution in [0.3, 0.4) is 0 Å². The van der Waals surface area contributed by atoms with Crippen molar-refractivity contribution in [2.24, 2.45) is 4.99 Å². The molecule has 30 heavy (non-hydrogen) atoms. The maximum Gasteiger partial charge on any atom is 0.191 e. The molecule has 166 valence electrons. The van der Waals surface area contributed by atoms with Crippen molar-refractivity contribution in [3.8, 4) is 0 Å². The molecule has 1 aliphatic heterocycles. The summed E-state index contributed by atoms with van der Waals surface area (Å²) < 4.78 is 5.54. The minimum absolute atomic E-state index is 0. The molecule has 1 atom stereocenters. The highest BCUT2D eigenvalue weighted by Crippen LogP contribution is 2.28. The zero-order chi connectivity index (χ0) is 20.5. The SMILES string of the molecule is CCNC(=NCC(c1ccccc1Cl)N1CCOCC1)NCCc1ncc(C)s1.I. The Morgan fingerprint density at radius 2 is 2.07 bits per heavy atom. The third-order valence-electron chi connectivity index (χ3n) is 4.82. The highest BCUT2D eigenvalue weighted by molar-refractivity contribution is 14.0. The van der Waals surface area contributed by atoms with Gasteiger partial charge in [-0.1, -0.05) is 29.8 Å². The number of halogens is 2. The Bertz CT molecular complexity index is 797. The molecule has 1 unspecified atom stereocenters. The quantitative estimate of drug-likeness (QED) is 0.290. The van der Waals surface area contributed by atoms with Gasteiger partial charge >= 0.3 is 0 Å². The summed E-state index contributed by atoms with van der Waals surface area (Å²) in [5.74, 6) is 0.825. The van der Waals surface area contributed by atoms with Crippen LogP contribution in [0.15, 0.2) is 35.5 Å². The van der Waals surface area contributed by atoms with E-state index in [2.05, 4.69) is 40.4 Å². The van der Waals surface area contributed by atoms with E-state index in [-0.39, 0.29) is 30.0 Å². The number of hydrogen-bond acceptors (Lipinski definition) is 5. The highest BCUT2D eigenvalue weighted by atomic mass is 127. The van der Waals surface area contributed by atoms with Gasteiger partial charge in [-0.2, -0.15) is 0 Å². The van der Waals surface area contributed by atoms with Gasteiger partial charge in [0.2, 0.25) is 0 Å². The number of guanidine groups is 1. The number of nitrogens with zero attached hydrogens (tertiary/aromatic N) is 3. The Morgan fingerprint density at radius 1 is 1.30 bits per heavy atom. The van der Waals surface area contributed by atoms with Crippen LogP contribution in [0.25, 0.3) is 0 Å². The van der Waals surface area contributed by atoms with E-state index in [1.54, 1.807) is 11.3 Å². The van der Waals surface area contributed by atoms with Crippen LogP contribution < -0.4 is 10.6 Å². The third kappa shape index (κ3) is 7.64. The molecule has 3 rings (SSSR count). The molecule has 1 fully saturated rings. The number of morpholine rings is 1. The molecule has 0 bridgehead atoms. The predicted molar refractivity (Wildman–Crippen MR) is 137 cm³/mol. The molecule has 1 aliphatic rings. The number of rotatable bonds is 8. The second-order valence-electron chi connectivity index (χ2n) is 6.95. The van der Waals surface area contributed by atoms with E-state index in [1.165, 1.54) is 4.88 Å². The van der Waals surface area contributed by atoms with Crippen molar-refractivity contribution < 1.29 is 4.74 Å². The lowest BCUT2D eigenvalue weighted by atomic mass is 10.0. The predicted octanol–water partition coefficient (Wildman–Crippen LogP) is 3.89. The van der Waals surface area contributed by atoms with Crippen molar-refractivity contribution in [1.29, 1.82) is 0 Å². The maximum atomic E-state index is 6.52. The van der Waals surface area contributed by atoms with Crippen LogP contribution in [0.5, 0.6) is 0 Å². The van der Waals surface area contributed by atoms with Gasteiger partial charge in [-0.3, -0.25) is 9.89 Å². The summed E-state index contributed by atoms with van der Waals surface area (Å²) in [6.07, 6.45) is 2.82. The normalized spacial score (nSPS) is 16.0. The number of aryl methyl sites for hydroxylation is 1. The van der Waals surface area contributed by atoms with Gasteiger partial charge in [0, 0.05) is 48.7 Å². The molecule has 6 nitrogen and oxygen atoms in total. The van der Waals surface area contributed by atoms with E-state index in [0.29, 0.717) is 6.54 Å². The van der Waals surface area contributed by atoms with Crippen LogP contribution in [-0.4, -0.2) is 61.8 Å². The molecule has 0 radical (unpaired) electrons. The minimum atomic E-state index is 0. The molecule has 2 aromatic rings. The molecule has 0 amide bonds. The summed E-state index contributed by atoms with van der Waals surface area (Å²) in [4.78, 5) is 13.0. The second kappa shape index (κ2) is 13.5. The van der Waals surface area contributed by atoms with Crippen molar-refractivity contribution in [1.82, 2.24) is 20.5 Å². The zero-order valence-electron chi connectivity index (χ0n) is 17.6. The standard InChI is InChI=1S/C21H30ClN5OS.HI/c1-3-23-21(24-9-8-20-25-14-16(2)29-20)26-15-19(27-10-12-28-13-11-27)17-6-4-5-7-18(17)22;/h4-7,14,19H,3,8-13,15H2,1-2H3,(H2,23,24,26);1H. The lowest BCUT2D eigenvalue weighted by Crippen LogP contribution is -2.42. The van der Waals surface area contributed by atoms with Crippen LogP contribution in [0, 0.1) is 6.92 Å². The van der Waals surface area contributed by atoms with Crippen LogP contribution in [0.2, 0.25) is 5.02 Å². The number of aromatic nitrogens is 1. The fourth-order valence-corrected chi connectivity index (χ4v) is 4.42. The summed E-state index contributed by atoms with van der Waals surface area (Å²) in [7, 11) is 0.